The average Bonchev–Trinajstić information content (AvgIpc) is 3.22. The van der Waals surface area contributed by atoms with Gasteiger partial charge in [-0.1, -0.05) is 54.5 Å². The van der Waals surface area contributed by atoms with E-state index >= 15 is 0 Å². The van der Waals surface area contributed by atoms with Gasteiger partial charge in [0.15, 0.2) is 0 Å². The predicted octanol–water partition coefficient (Wildman–Crippen LogP) is 3.53. The second kappa shape index (κ2) is 11.6. The fourth-order valence-electron chi connectivity index (χ4n) is 3.53. The first-order valence-corrected chi connectivity index (χ1v) is 10.6. The third-order valence-electron chi connectivity index (χ3n) is 4.96. The van der Waals surface area contributed by atoms with Gasteiger partial charge in [-0.25, -0.2) is 4.39 Å². The van der Waals surface area contributed by atoms with Gasteiger partial charge >= 0.3 is 5.97 Å². The van der Waals surface area contributed by atoms with Crippen LogP contribution in [-0.4, -0.2) is 53.6 Å². The van der Waals surface area contributed by atoms with Gasteiger partial charge in [0.2, 0.25) is 0 Å². The Morgan fingerprint density at radius 3 is 2.84 bits per heavy atom. The third-order valence-corrected chi connectivity index (χ3v) is 4.96. The van der Waals surface area contributed by atoms with Gasteiger partial charge in [-0.15, -0.1) is 0 Å². The molecular formula is C24H29FN2O4. The number of nitrogens with zero attached hydrogens (tertiary/aromatic N) is 2. The van der Waals surface area contributed by atoms with E-state index in [1.165, 1.54) is 12.1 Å². The molecule has 1 aliphatic rings. The maximum absolute atomic E-state index is 13.6. The first kappa shape index (κ1) is 22.9. The number of rotatable bonds is 11. The van der Waals surface area contributed by atoms with Gasteiger partial charge in [0, 0.05) is 32.5 Å². The normalized spacial score (nSPS) is 16.6. The minimum Gasteiger partial charge on any atom is -0.463 e. The summed E-state index contributed by atoms with van der Waals surface area (Å²) in [6.07, 6.45) is 0.632. The van der Waals surface area contributed by atoms with Crippen LogP contribution in [0.5, 0.6) is 0 Å². The van der Waals surface area contributed by atoms with Crippen LogP contribution < -0.4 is 0 Å². The Bertz CT molecular complexity index is 875. The maximum Gasteiger partial charge on any atom is 0.305 e. The van der Waals surface area contributed by atoms with E-state index in [0.29, 0.717) is 32.4 Å². The maximum atomic E-state index is 13.6. The molecule has 166 valence electrons. The van der Waals surface area contributed by atoms with Crippen molar-refractivity contribution in [3.63, 3.8) is 0 Å². The molecule has 2 aromatic carbocycles. The van der Waals surface area contributed by atoms with E-state index in [2.05, 4.69) is 5.16 Å². The van der Waals surface area contributed by atoms with Crippen LogP contribution in [0.2, 0.25) is 0 Å². The minimum absolute atomic E-state index is 0.0736. The molecule has 3 rings (SSSR count). The van der Waals surface area contributed by atoms with Crippen LogP contribution in [0.15, 0.2) is 59.8 Å². The van der Waals surface area contributed by atoms with Crippen LogP contribution in [0.1, 0.15) is 37.3 Å². The first-order chi connectivity index (χ1) is 15.0. The summed E-state index contributed by atoms with van der Waals surface area (Å²) in [4.78, 5) is 19.2. The van der Waals surface area contributed by atoms with Gasteiger partial charge in [-0.3, -0.25) is 9.69 Å². The molecule has 0 amide bonds. The Morgan fingerprint density at radius 1 is 1.29 bits per heavy atom. The molecule has 0 saturated heterocycles. The zero-order valence-corrected chi connectivity index (χ0v) is 17.7. The Morgan fingerprint density at radius 2 is 2.10 bits per heavy atom. The van der Waals surface area contributed by atoms with Crippen molar-refractivity contribution in [2.24, 2.45) is 5.16 Å². The zero-order valence-electron chi connectivity index (χ0n) is 17.7. The lowest BCUT2D eigenvalue weighted by Crippen LogP contribution is -2.39. The highest BCUT2D eigenvalue weighted by Gasteiger charge is 2.26. The highest BCUT2D eigenvalue weighted by Crippen LogP contribution is 2.19. The van der Waals surface area contributed by atoms with Crippen molar-refractivity contribution in [3.8, 4) is 0 Å². The molecule has 0 bridgehead atoms. The molecule has 31 heavy (non-hydrogen) atoms. The number of carbonyl (C=O) groups is 1. The van der Waals surface area contributed by atoms with E-state index in [1.54, 1.807) is 6.07 Å². The smallest absolute Gasteiger partial charge is 0.305 e. The van der Waals surface area contributed by atoms with Gasteiger partial charge < -0.3 is 14.7 Å². The fourth-order valence-corrected chi connectivity index (χ4v) is 3.53. The highest BCUT2D eigenvalue weighted by atomic mass is 19.1. The molecule has 2 aromatic rings. The molecule has 1 aliphatic heterocycles. The molecule has 2 atom stereocenters. The predicted molar refractivity (Wildman–Crippen MR) is 116 cm³/mol. The summed E-state index contributed by atoms with van der Waals surface area (Å²) in [5, 5.41) is 14.6. The number of hydrogen-bond acceptors (Lipinski definition) is 6. The second-order valence-electron chi connectivity index (χ2n) is 7.75. The summed E-state index contributed by atoms with van der Waals surface area (Å²) in [6, 6.07) is 16.2. The molecule has 1 heterocycles. The van der Waals surface area contributed by atoms with Gasteiger partial charge in [0.25, 0.3) is 0 Å². The SMILES string of the molecule is CCCC(=O)OC[C@@H](O)CN(Cc1cccc(F)c1)C[C@H]1CC(c2ccccc2)=NO1. The van der Waals surface area contributed by atoms with Crippen molar-refractivity contribution < 1.29 is 23.9 Å². The Kier molecular flexibility index (Phi) is 8.55. The monoisotopic (exact) mass is 428 g/mol. The van der Waals surface area contributed by atoms with Crippen molar-refractivity contribution in [1.29, 1.82) is 0 Å². The highest BCUT2D eigenvalue weighted by molar-refractivity contribution is 6.01. The summed E-state index contributed by atoms with van der Waals surface area (Å²) >= 11 is 0. The number of aliphatic hydroxyl groups is 1. The molecule has 6 nitrogen and oxygen atoms in total. The van der Waals surface area contributed by atoms with E-state index < -0.39 is 6.10 Å². The molecule has 0 aliphatic carbocycles. The van der Waals surface area contributed by atoms with Gasteiger partial charge in [0.1, 0.15) is 24.6 Å². The second-order valence-corrected chi connectivity index (χ2v) is 7.75. The summed E-state index contributed by atoms with van der Waals surface area (Å²) in [6.45, 7) is 3.01. The van der Waals surface area contributed by atoms with E-state index in [-0.39, 0.29) is 31.0 Å². The number of benzene rings is 2. The number of halogens is 1. The van der Waals surface area contributed by atoms with Crippen LogP contribution in [-0.2, 0) is 20.9 Å². The molecular weight excluding hydrogens is 399 g/mol. The van der Waals surface area contributed by atoms with Crippen molar-refractivity contribution in [3.05, 3.63) is 71.5 Å². The van der Waals surface area contributed by atoms with Crippen LogP contribution in [0.25, 0.3) is 0 Å². The van der Waals surface area contributed by atoms with Crippen LogP contribution in [0.3, 0.4) is 0 Å². The number of oxime groups is 1. The van der Waals surface area contributed by atoms with Gasteiger partial charge in [-0.05, 0) is 29.7 Å². The van der Waals surface area contributed by atoms with Crippen molar-refractivity contribution in [2.75, 3.05) is 19.7 Å². The van der Waals surface area contributed by atoms with E-state index in [1.807, 2.05) is 48.2 Å². The lowest BCUT2D eigenvalue weighted by atomic mass is 10.0. The van der Waals surface area contributed by atoms with Gasteiger partial charge in [-0.2, -0.15) is 0 Å². The van der Waals surface area contributed by atoms with Crippen LogP contribution in [0.4, 0.5) is 4.39 Å². The minimum atomic E-state index is -0.856. The molecule has 0 fully saturated rings. The van der Waals surface area contributed by atoms with Crippen molar-refractivity contribution in [1.82, 2.24) is 4.90 Å². The Balaban J connectivity index is 1.60. The molecule has 0 saturated carbocycles. The van der Waals surface area contributed by atoms with E-state index in [4.69, 9.17) is 9.57 Å². The van der Waals surface area contributed by atoms with E-state index in [9.17, 15) is 14.3 Å². The molecule has 0 unspecified atom stereocenters. The fraction of sp³-hybridized carbons (Fsp3) is 0.417. The van der Waals surface area contributed by atoms with Crippen LogP contribution in [0, 0.1) is 5.82 Å². The number of carbonyl (C=O) groups excluding carboxylic acids is 1. The summed E-state index contributed by atoms with van der Waals surface area (Å²) < 4.78 is 18.8. The lowest BCUT2D eigenvalue weighted by molar-refractivity contribution is -0.147. The van der Waals surface area contributed by atoms with Crippen LogP contribution >= 0.6 is 0 Å². The summed E-state index contributed by atoms with van der Waals surface area (Å²) in [5.41, 5.74) is 2.69. The lowest BCUT2D eigenvalue weighted by Gasteiger charge is -2.27. The zero-order chi connectivity index (χ0) is 22.1. The summed E-state index contributed by atoms with van der Waals surface area (Å²) in [5.74, 6) is -0.628. The largest absolute Gasteiger partial charge is 0.463 e. The molecule has 0 aromatic heterocycles. The topological polar surface area (TPSA) is 71.4 Å². The summed E-state index contributed by atoms with van der Waals surface area (Å²) in [7, 11) is 0. The first-order valence-electron chi connectivity index (χ1n) is 10.6. The van der Waals surface area contributed by atoms with Crippen molar-refractivity contribution in [2.45, 2.75) is 44.9 Å². The van der Waals surface area contributed by atoms with E-state index in [0.717, 1.165) is 16.8 Å². The number of esters is 1. The molecule has 0 radical (unpaired) electrons. The molecule has 0 spiro atoms. The number of ether oxygens (including phenoxy) is 1. The molecule has 7 heteroatoms. The standard InChI is InChI=1S/C24H29FN2O4/c1-2-7-24(29)30-17-21(28)15-27(14-18-8-6-11-20(25)12-18)16-22-13-23(26-31-22)19-9-4-3-5-10-19/h3-6,8-12,21-22,28H,2,7,13-17H2,1H3/t21-,22+/m0/s1. The van der Waals surface area contributed by atoms with Crippen molar-refractivity contribution >= 4 is 11.7 Å². The molecule has 1 N–H and O–H groups in total. The third kappa shape index (κ3) is 7.45. The van der Waals surface area contributed by atoms with Gasteiger partial charge in [0.05, 0.1) is 5.71 Å². The average molecular weight is 429 g/mol. The number of hydrogen-bond donors (Lipinski definition) is 1. The Labute approximate surface area is 182 Å². The Hall–Kier alpha value is -2.77. The quantitative estimate of drug-likeness (QED) is 0.555. The number of aliphatic hydroxyl groups excluding tert-OH is 1.